The predicted octanol–water partition coefficient (Wildman–Crippen LogP) is 2.08. The van der Waals surface area contributed by atoms with Gasteiger partial charge in [0.1, 0.15) is 17.7 Å². The third kappa shape index (κ3) is 3.84. The van der Waals surface area contributed by atoms with E-state index in [9.17, 15) is 9.59 Å². The van der Waals surface area contributed by atoms with Crippen LogP contribution in [0.15, 0.2) is 56.8 Å². The molecule has 0 amide bonds. The van der Waals surface area contributed by atoms with Gasteiger partial charge in [-0.2, -0.15) is 5.10 Å². The molecule has 29 heavy (non-hydrogen) atoms. The van der Waals surface area contributed by atoms with E-state index in [2.05, 4.69) is 25.1 Å². The van der Waals surface area contributed by atoms with Gasteiger partial charge >= 0.3 is 5.69 Å². The third-order valence-electron chi connectivity index (χ3n) is 4.40. The Morgan fingerprint density at radius 1 is 1.10 bits per heavy atom. The zero-order valence-electron chi connectivity index (χ0n) is 15.7. The van der Waals surface area contributed by atoms with Crippen LogP contribution in [0.2, 0.25) is 0 Å². The smallest absolute Gasteiger partial charge is 0.325 e. The number of ether oxygens (including phenoxy) is 1. The van der Waals surface area contributed by atoms with Crippen LogP contribution in [-0.4, -0.2) is 32.3 Å². The molecule has 3 aromatic heterocycles. The lowest BCUT2D eigenvalue weighted by Gasteiger charge is -2.03. The van der Waals surface area contributed by atoms with Crippen molar-refractivity contribution in [2.75, 3.05) is 7.11 Å². The minimum absolute atomic E-state index is 0.198. The standard InChI is InChI=1S/C20H17N5O4/c1-11-15(8-17(25-24-11)16-9-21-20(27)23-18(16)26)19-22-13(10-29-19)7-12-3-5-14(28-2)6-4-12/h3-6,8-10H,7H2,1-2H3,(H2,21,23,26,27). The van der Waals surface area contributed by atoms with Crippen LogP contribution < -0.4 is 16.0 Å². The van der Waals surface area contributed by atoms with Crippen LogP contribution in [0.25, 0.3) is 22.7 Å². The van der Waals surface area contributed by atoms with E-state index in [1.807, 2.05) is 24.3 Å². The molecule has 4 rings (SSSR count). The van der Waals surface area contributed by atoms with Crippen molar-refractivity contribution in [2.24, 2.45) is 0 Å². The molecule has 9 nitrogen and oxygen atoms in total. The van der Waals surface area contributed by atoms with E-state index in [0.717, 1.165) is 17.0 Å². The molecule has 0 fully saturated rings. The average molecular weight is 391 g/mol. The number of rotatable bonds is 5. The molecule has 0 aliphatic carbocycles. The summed E-state index contributed by atoms with van der Waals surface area (Å²) < 4.78 is 10.8. The number of nitrogens with zero attached hydrogens (tertiary/aromatic N) is 3. The monoisotopic (exact) mass is 391 g/mol. The fraction of sp³-hybridized carbons (Fsp3) is 0.150. The topological polar surface area (TPSA) is 127 Å². The molecular formula is C20H17N5O4. The van der Waals surface area contributed by atoms with Gasteiger partial charge in [0, 0.05) is 12.6 Å². The second-order valence-electron chi connectivity index (χ2n) is 6.38. The maximum atomic E-state index is 12.0. The Morgan fingerprint density at radius 3 is 2.62 bits per heavy atom. The van der Waals surface area contributed by atoms with Crippen molar-refractivity contribution < 1.29 is 9.15 Å². The summed E-state index contributed by atoms with van der Waals surface area (Å²) in [5.74, 6) is 1.17. The Hall–Kier alpha value is -4.01. The van der Waals surface area contributed by atoms with Crippen LogP contribution in [0, 0.1) is 6.92 Å². The van der Waals surface area contributed by atoms with E-state index in [0.29, 0.717) is 29.3 Å². The number of H-pyrrole nitrogens is 2. The number of methoxy groups -OCH3 is 1. The maximum absolute atomic E-state index is 12.0. The van der Waals surface area contributed by atoms with Crippen molar-refractivity contribution in [1.29, 1.82) is 0 Å². The molecule has 0 atom stereocenters. The molecule has 0 saturated heterocycles. The summed E-state index contributed by atoms with van der Waals surface area (Å²) in [6.07, 6.45) is 3.48. The zero-order chi connectivity index (χ0) is 20.4. The molecule has 0 spiro atoms. The van der Waals surface area contributed by atoms with Crippen molar-refractivity contribution >= 4 is 0 Å². The molecule has 0 saturated carbocycles. The minimum Gasteiger partial charge on any atom is -0.497 e. The van der Waals surface area contributed by atoms with Crippen molar-refractivity contribution in [3.63, 3.8) is 0 Å². The van der Waals surface area contributed by atoms with Crippen molar-refractivity contribution in [2.45, 2.75) is 13.3 Å². The number of hydrogen-bond donors (Lipinski definition) is 2. The van der Waals surface area contributed by atoms with Gasteiger partial charge in [-0.05, 0) is 30.7 Å². The lowest BCUT2D eigenvalue weighted by molar-refractivity contribution is 0.414. The predicted molar refractivity (Wildman–Crippen MR) is 105 cm³/mol. The second kappa shape index (κ2) is 7.55. The Morgan fingerprint density at radius 2 is 1.90 bits per heavy atom. The fourth-order valence-corrected chi connectivity index (χ4v) is 2.87. The molecule has 0 unspecified atom stereocenters. The third-order valence-corrected chi connectivity index (χ3v) is 4.40. The summed E-state index contributed by atoms with van der Waals surface area (Å²) in [5, 5.41) is 8.14. The van der Waals surface area contributed by atoms with Crippen molar-refractivity contribution in [3.05, 3.63) is 80.6 Å². The fourth-order valence-electron chi connectivity index (χ4n) is 2.87. The van der Waals surface area contributed by atoms with E-state index in [1.165, 1.54) is 6.20 Å². The highest BCUT2D eigenvalue weighted by Gasteiger charge is 2.15. The molecule has 0 aliphatic rings. The lowest BCUT2D eigenvalue weighted by atomic mass is 10.1. The number of nitrogens with one attached hydrogen (secondary N) is 2. The molecular weight excluding hydrogens is 374 g/mol. The molecule has 4 aromatic rings. The molecule has 1 aromatic carbocycles. The van der Waals surface area contributed by atoms with Crippen molar-refractivity contribution in [3.8, 4) is 28.5 Å². The van der Waals surface area contributed by atoms with Gasteiger partial charge in [-0.1, -0.05) is 12.1 Å². The first-order chi connectivity index (χ1) is 14.0. The molecule has 0 aliphatic heterocycles. The van der Waals surface area contributed by atoms with Crippen LogP contribution >= 0.6 is 0 Å². The number of oxazole rings is 1. The summed E-state index contributed by atoms with van der Waals surface area (Å²) >= 11 is 0. The highest BCUT2D eigenvalue weighted by molar-refractivity contribution is 5.66. The van der Waals surface area contributed by atoms with Gasteiger partial charge in [-0.25, -0.2) is 9.78 Å². The molecule has 9 heteroatoms. The SMILES string of the molecule is COc1ccc(Cc2coc(-c3cc(-c4c[nH]c(=O)[nH]c4=O)nnc3C)n2)cc1. The molecule has 146 valence electrons. The van der Waals surface area contributed by atoms with Gasteiger partial charge in [0.2, 0.25) is 5.89 Å². The van der Waals surface area contributed by atoms with Crippen LogP contribution in [0.5, 0.6) is 5.75 Å². The largest absolute Gasteiger partial charge is 0.497 e. The Balaban J connectivity index is 1.64. The highest BCUT2D eigenvalue weighted by atomic mass is 16.5. The highest BCUT2D eigenvalue weighted by Crippen LogP contribution is 2.25. The van der Waals surface area contributed by atoms with E-state index >= 15 is 0 Å². The van der Waals surface area contributed by atoms with Gasteiger partial charge in [0.25, 0.3) is 5.56 Å². The normalized spacial score (nSPS) is 10.8. The van der Waals surface area contributed by atoms with E-state index < -0.39 is 11.2 Å². The number of aromatic nitrogens is 5. The molecule has 0 radical (unpaired) electrons. The lowest BCUT2D eigenvalue weighted by Crippen LogP contribution is -2.22. The maximum Gasteiger partial charge on any atom is 0.325 e. The number of aromatic amines is 2. The summed E-state index contributed by atoms with van der Waals surface area (Å²) in [7, 11) is 1.62. The number of aryl methyl sites for hydroxylation is 1. The van der Waals surface area contributed by atoms with E-state index in [4.69, 9.17) is 9.15 Å². The summed E-state index contributed by atoms with van der Waals surface area (Å²) in [4.78, 5) is 32.4. The van der Waals surface area contributed by atoms with Gasteiger partial charge in [-0.3, -0.25) is 9.78 Å². The molecule has 0 bridgehead atoms. The number of hydrogen-bond acceptors (Lipinski definition) is 7. The van der Waals surface area contributed by atoms with E-state index in [1.54, 1.807) is 26.4 Å². The number of benzene rings is 1. The van der Waals surface area contributed by atoms with Gasteiger partial charge in [0.15, 0.2) is 0 Å². The van der Waals surface area contributed by atoms with Crippen LogP contribution in [0.4, 0.5) is 0 Å². The van der Waals surface area contributed by atoms with Crippen LogP contribution in [-0.2, 0) is 6.42 Å². The Kier molecular flexibility index (Phi) is 4.78. The second-order valence-corrected chi connectivity index (χ2v) is 6.38. The first kappa shape index (κ1) is 18.4. The molecule has 2 N–H and O–H groups in total. The van der Waals surface area contributed by atoms with Crippen molar-refractivity contribution in [1.82, 2.24) is 25.1 Å². The first-order valence-electron chi connectivity index (χ1n) is 8.78. The van der Waals surface area contributed by atoms with Crippen LogP contribution in [0.1, 0.15) is 17.0 Å². The van der Waals surface area contributed by atoms with Gasteiger partial charge < -0.3 is 14.1 Å². The van der Waals surface area contributed by atoms with Gasteiger partial charge in [-0.15, -0.1) is 5.10 Å². The zero-order valence-corrected chi connectivity index (χ0v) is 15.7. The van der Waals surface area contributed by atoms with Gasteiger partial charge in [0.05, 0.1) is 29.6 Å². The van der Waals surface area contributed by atoms with E-state index in [-0.39, 0.29) is 5.56 Å². The quantitative estimate of drug-likeness (QED) is 0.533. The molecule has 3 heterocycles. The summed E-state index contributed by atoms with van der Waals surface area (Å²) in [6, 6.07) is 9.37. The average Bonchev–Trinajstić information content (AvgIpc) is 3.17. The summed E-state index contributed by atoms with van der Waals surface area (Å²) in [6.45, 7) is 1.77. The van der Waals surface area contributed by atoms with Crippen LogP contribution in [0.3, 0.4) is 0 Å². The minimum atomic E-state index is -0.588. The first-order valence-corrected chi connectivity index (χ1v) is 8.78. The Bertz CT molecular complexity index is 1270. The Labute approximate surface area is 164 Å². The summed E-state index contributed by atoms with van der Waals surface area (Å²) in [5.41, 5.74) is 2.40.